The normalized spacial score (nSPS) is 13.4. The van der Waals surface area contributed by atoms with Gasteiger partial charge in [-0.05, 0) is 12.8 Å². The van der Waals surface area contributed by atoms with Gasteiger partial charge in [0.25, 0.3) is 0 Å². The summed E-state index contributed by atoms with van der Waals surface area (Å²) in [6, 6.07) is 0. The first kappa shape index (κ1) is 11.5. The highest BCUT2D eigenvalue weighted by Gasteiger charge is 2.00. The average molecular weight is 221 g/mol. The number of halogens is 1. The van der Waals surface area contributed by atoms with Crippen LogP contribution in [0.3, 0.4) is 0 Å². The molecule has 1 heteroatoms. The molecule has 0 aliphatic rings. The Bertz CT molecular complexity index is 71.3. The lowest BCUT2D eigenvalue weighted by atomic mass is 10.1. The molecule has 0 fully saturated rings. The lowest BCUT2D eigenvalue weighted by Crippen LogP contribution is -1.96. The van der Waals surface area contributed by atoms with E-state index in [1.807, 2.05) is 0 Å². The van der Waals surface area contributed by atoms with E-state index in [4.69, 9.17) is 0 Å². The van der Waals surface area contributed by atoms with Crippen LogP contribution in [0.2, 0.25) is 0 Å². The van der Waals surface area contributed by atoms with Crippen LogP contribution in [-0.4, -0.2) is 4.83 Å². The number of hydrogen-bond acceptors (Lipinski definition) is 0. The van der Waals surface area contributed by atoms with Crippen molar-refractivity contribution in [3.63, 3.8) is 0 Å². The number of alkyl halides is 1. The quantitative estimate of drug-likeness (QED) is 0.438. The molecular formula is C10H21Br. The molecule has 0 spiro atoms. The maximum absolute atomic E-state index is 3.69. The zero-order chi connectivity index (χ0) is 8.53. The molecule has 0 saturated carbocycles. The van der Waals surface area contributed by atoms with Crippen LogP contribution in [0.15, 0.2) is 0 Å². The summed E-state index contributed by atoms with van der Waals surface area (Å²) in [7, 11) is 0. The van der Waals surface area contributed by atoms with Crippen molar-refractivity contribution in [2.75, 3.05) is 0 Å². The highest BCUT2D eigenvalue weighted by molar-refractivity contribution is 9.09. The molecule has 1 unspecified atom stereocenters. The van der Waals surface area contributed by atoms with Crippen LogP contribution in [0.4, 0.5) is 0 Å². The Labute approximate surface area is 79.9 Å². The third kappa shape index (κ3) is 8.39. The largest absolute Gasteiger partial charge is 0.0891 e. The van der Waals surface area contributed by atoms with Crippen LogP contribution >= 0.6 is 15.9 Å². The minimum absolute atomic E-state index is 0.782. The summed E-state index contributed by atoms with van der Waals surface area (Å²) in [4.78, 5) is 0.782. The van der Waals surface area contributed by atoms with E-state index in [0.29, 0.717) is 0 Å². The molecule has 0 aliphatic heterocycles. The Morgan fingerprint density at radius 3 is 2.18 bits per heavy atom. The summed E-state index contributed by atoms with van der Waals surface area (Å²) in [5.74, 6) is 0. The van der Waals surface area contributed by atoms with Crippen LogP contribution in [-0.2, 0) is 0 Å². The van der Waals surface area contributed by atoms with E-state index >= 15 is 0 Å². The van der Waals surface area contributed by atoms with Crippen LogP contribution in [0.25, 0.3) is 0 Å². The van der Waals surface area contributed by atoms with E-state index in [1.54, 1.807) is 0 Å². The minimum atomic E-state index is 0.782. The molecule has 0 aromatic carbocycles. The fourth-order valence-electron chi connectivity index (χ4n) is 1.25. The van der Waals surface area contributed by atoms with E-state index in [1.165, 1.54) is 44.9 Å². The van der Waals surface area contributed by atoms with E-state index in [-0.39, 0.29) is 0 Å². The second-order valence-electron chi connectivity index (χ2n) is 3.24. The molecule has 0 radical (unpaired) electrons. The van der Waals surface area contributed by atoms with Gasteiger partial charge >= 0.3 is 0 Å². The molecule has 0 nitrogen and oxygen atoms in total. The maximum Gasteiger partial charge on any atom is 0.0145 e. The topological polar surface area (TPSA) is 0 Å². The van der Waals surface area contributed by atoms with Crippen molar-refractivity contribution in [2.24, 2.45) is 0 Å². The van der Waals surface area contributed by atoms with Crippen molar-refractivity contribution < 1.29 is 0 Å². The van der Waals surface area contributed by atoms with Gasteiger partial charge in [0, 0.05) is 4.83 Å². The van der Waals surface area contributed by atoms with E-state index < -0.39 is 0 Å². The number of rotatable bonds is 7. The summed E-state index contributed by atoms with van der Waals surface area (Å²) in [5.41, 5.74) is 0. The van der Waals surface area contributed by atoms with Crippen molar-refractivity contribution in [1.29, 1.82) is 0 Å². The molecule has 0 amide bonds. The predicted octanol–water partition coefficient (Wildman–Crippen LogP) is 4.52. The summed E-state index contributed by atoms with van der Waals surface area (Å²) >= 11 is 3.69. The zero-order valence-electron chi connectivity index (χ0n) is 7.91. The molecule has 0 heterocycles. The molecule has 0 N–H and O–H groups in total. The van der Waals surface area contributed by atoms with Gasteiger partial charge in [-0.1, -0.05) is 61.9 Å². The smallest absolute Gasteiger partial charge is 0.0145 e. The van der Waals surface area contributed by atoms with Gasteiger partial charge in [0.1, 0.15) is 0 Å². The van der Waals surface area contributed by atoms with Crippen molar-refractivity contribution in [3.8, 4) is 0 Å². The van der Waals surface area contributed by atoms with Gasteiger partial charge in [0.2, 0.25) is 0 Å². The monoisotopic (exact) mass is 220 g/mol. The average Bonchev–Trinajstić information content (AvgIpc) is 1.99. The van der Waals surface area contributed by atoms with Crippen molar-refractivity contribution in [3.05, 3.63) is 0 Å². The van der Waals surface area contributed by atoms with Gasteiger partial charge in [-0.3, -0.25) is 0 Å². The first-order valence-electron chi connectivity index (χ1n) is 4.95. The lowest BCUT2D eigenvalue weighted by molar-refractivity contribution is 0.600. The number of unbranched alkanes of at least 4 members (excludes halogenated alkanes) is 3. The van der Waals surface area contributed by atoms with Crippen molar-refractivity contribution in [2.45, 2.75) is 63.6 Å². The fraction of sp³-hybridized carbons (Fsp3) is 1.00. The van der Waals surface area contributed by atoms with Crippen molar-refractivity contribution in [1.82, 2.24) is 0 Å². The zero-order valence-corrected chi connectivity index (χ0v) is 9.49. The molecule has 1 atom stereocenters. The molecule has 0 bridgehead atoms. The van der Waals surface area contributed by atoms with Gasteiger partial charge in [0.05, 0.1) is 0 Å². The fourth-order valence-corrected chi connectivity index (χ4v) is 2.03. The van der Waals surface area contributed by atoms with E-state index in [0.717, 1.165) is 4.83 Å². The Kier molecular flexibility index (Phi) is 8.95. The summed E-state index contributed by atoms with van der Waals surface area (Å²) in [5, 5.41) is 0. The summed E-state index contributed by atoms with van der Waals surface area (Å²) in [6.45, 7) is 4.51. The first-order valence-corrected chi connectivity index (χ1v) is 5.86. The van der Waals surface area contributed by atoms with Gasteiger partial charge < -0.3 is 0 Å². The summed E-state index contributed by atoms with van der Waals surface area (Å²) < 4.78 is 0. The molecule has 0 aromatic heterocycles. The van der Waals surface area contributed by atoms with Gasteiger partial charge in [-0.25, -0.2) is 0 Å². The molecule has 11 heavy (non-hydrogen) atoms. The minimum Gasteiger partial charge on any atom is -0.0891 e. The molecule has 0 aromatic rings. The standard InChI is InChI=1S/C10H21Br/c1-3-5-6-7-9-10(11)8-4-2/h10H,3-9H2,1-2H3. The highest BCUT2D eigenvalue weighted by atomic mass is 79.9. The Morgan fingerprint density at radius 1 is 0.909 bits per heavy atom. The number of hydrogen-bond donors (Lipinski definition) is 0. The SMILES string of the molecule is CCCCCCC(Br)CCC. The third-order valence-corrected chi connectivity index (χ3v) is 2.89. The Balaban J connectivity index is 2.97. The highest BCUT2D eigenvalue weighted by Crippen LogP contribution is 2.16. The maximum atomic E-state index is 3.69. The Hall–Kier alpha value is 0.480. The molecular weight excluding hydrogens is 200 g/mol. The Morgan fingerprint density at radius 2 is 1.64 bits per heavy atom. The second kappa shape index (κ2) is 8.58. The van der Waals surface area contributed by atoms with Crippen LogP contribution in [0.5, 0.6) is 0 Å². The van der Waals surface area contributed by atoms with E-state index in [9.17, 15) is 0 Å². The molecule has 0 rings (SSSR count). The molecule has 68 valence electrons. The van der Waals surface area contributed by atoms with Crippen LogP contribution in [0.1, 0.15) is 58.8 Å². The van der Waals surface area contributed by atoms with Gasteiger partial charge in [-0.2, -0.15) is 0 Å². The van der Waals surface area contributed by atoms with Gasteiger partial charge in [-0.15, -0.1) is 0 Å². The van der Waals surface area contributed by atoms with Crippen molar-refractivity contribution >= 4 is 15.9 Å². The molecule has 0 saturated heterocycles. The van der Waals surface area contributed by atoms with Crippen LogP contribution in [0, 0.1) is 0 Å². The first-order chi connectivity index (χ1) is 5.31. The van der Waals surface area contributed by atoms with E-state index in [2.05, 4.69) is 29.8 Å². The molecule has 0 aliphatic carbocycles. The third-order valence-electron chi connectivity index (χ3n) is 1.97. The lowest BCUT2D eigenvalue weighted by Gasteiger charge is -2.06. The second-order valence-corrected chi connectivity index (χ2v) is 4.53. The van der Waals surface area contributed by atoms with Crippen LogP contribution < -0.4 is 0 Å². The predicted molar refractivity (Wildman–Crippen MR) is 56.4 cm³/mol. The summed E-state index contributed by atoms with van der Waals surface area (Å²) in [6.07, 6.45) is 9.60. The van der Waals surface area contributed by atoms with Gasteiger partial charge in [0.15, 0.2) is 0 Å².